The van der Waals surface area contributed by atoms with Crippen LogP contribution in [0.2, 0.25) is 0 Å². The summed E-state index contributed by atoms with van der Waals surface area (Å²) in [5.41, 5.74) is -0.880. The molecule has 2 rings (SSSR count). The van der Waals surface area contributed by atoms with Crippen molar-refractivity contribution in [3.63, 3.8) is 0 Å². The van der Waals surface area contributed by atoms with Crippen molar-refractivity contribution in [3.05, 3.63) is 0 Å². The highest BCUT2D eigenvalue weighted by Gasteiger charge is 2.62. The number of aliphatic carboxylic acids is 1. The van der Waals surface area contributed by atoms with E-state index < -0.39 is 17.4 Å². The lowest BCUT2D eigenvalue weighted by atomic mass is 9.67. The molecule has 15 heavy (non-hydrogen) atoms. The maximum absolute atomic E-state index is 11.8. The van der Waals surface area contributed by atoms with Crippen molar-refractivity contribution >= 4 is 17.9 Å². The highest BCUT2D eigenvalue weighted by atomic mass is 16.4. The monoisotopic (exact) mass is 212 g/mol. The molecule has 2 aliphatic rings. The van der Waals surface area contributed by atoms with E-state index in [4.69, 9.17) is 5.11 Å². The lowest BCUT2D eigenvalue weighted by Gasteiger charge is -2.44. The van der Waals surface area contributed by atoms with Crippen LogP contribution in [0.1, 0.15) is 12.8 Å². The van der Waals surface area contributed by atoms with Gasteiger partial charge in [0.1, 0.15) is 5.54 Å². The van der Waals surface area contributed by atoms with Gasteiger partial charge in [0.2, 0.25) is 0 Å². The van der Waals surface area contributed by atoms with Crippen LogP contribution in [-0.2, 0) is 9.59 Å². The maximum Gasteiger partial charge on any atom is 0.327 e. The summed E-state index contributed by atoms with van der Waals surface area (Å²) in [7, 11) is 2.96. The first-order valence-electron chi connectivity index (χ1n) is 4.69. The predicted molar refractivity (Wildman–Crippen MR) is 49.0 cm³/mol. The first kappa shape index (κ1) is 9.95. The van der Waals surface area contributed by atoms with Gasteiger partial charge in [0.15, 0.2) is 0 Å². The van der Waals surface area contributed by atoms with E-state index in [0.717, 1.165) is 4.90 Å². The largest absolute Gasteiger partial charge is 0.481 e. The summed E-state index contributed by atoms with van der Waals surface area (Å²) in [4.78, 5) is 36.3. The number of imide groups is 1. The van der Waals surface area contributed by atoms with E-state index in [1.807, 2.05) is 0 Å². The number of hydrogen-bond donors (Lipinski definition) is 1. The summed E-state index contributed by atoms with van der Waals surface area (Å²) in [5.74, 6) is -1.69. The molecule has 3 amide bonds. The number of carboxylic acid groups (broad SMARTS) is 1. The van der Waals surface area contributed by atoms with Gasteiger partial charge in [-0.05, 0) is 12.8 Å². The number of likely N-dealkylation sites (N-methyl/N-ethyl adjacent to an activating group) is 2. The number of urea groups is 1. The van der Waals surface area contributed by atoms with Crippen LogP contribution in [0.5, 0.6) is 0 Å². The minimum absolute atomic E-state index is 0.230. The summed E-state index contributed by atoms with van der Waals surface area (Å²) < 4.78 is 0. The molecule has 6 heteroatoms. The molecule has 1 aliphatic heterocycles. The average Bonchev–Trinajstić information content (AvgIpc) is 2.26. The molecule has 1 saturated carbocycles. The van der Waals surface area contributed by atoms with Crippen molar-refractivity contribution in [2.45, 2.75) is 18.4 Å². The van der Waals surface area contributed by atoms with Crippen molar-refractivity contribution in [1.82, 2.24) is 9.80 Å². The summed E-state index contributed by atoms with van der Waals surface area (Å²) in [6.45, 7) is 0. The molecule has 0 bridgehead atoms. The second-order valence-electron chi connectivity index (χ2n) is 4.18. The van der Waals surface area contributed by atoms with Crippen LogP contribution in [0.3, 0.4) is 0 Å². The van der Waals surface area contributed by atoms with Crippen molar-refractivity contribution in [3.8, 4) is 0 Å². The number of carboxylic acids is 1. The van der Waals surface area contributed by atoms with Crippen LogP contribution in [0.25, 0.3) is 0 Å². The molecule has 0 aromatic heterocycles. The highest BCUT2D eigenvalue weighted by molar-refractivity contribution is 6.07. The third kappa shape index (κ3) is 1.01. The van der Waals surface area contributed by atoms with Gasteiger partial charge in [-0.15, -0.1) is 0 Å². The molecular formula is C9H12N2O4. The van der Waals surface area contributed by atoms with Crippen molar-refractivity contribution < 1.29 is 19.5 Å². The molecule has 0 radical (unpaired) electrons. The molecule has 6 nitrogen and oxygen atoms in total. The quantitative estimate of drug-likeness (QED) is 0.607. The average molecular weight is 212 g/mol. The minimum atomic E-state index is -0.899. The SMILES string of the molecule is CN1C(=O)N(C)C2(CC(C(=O)O)C2)C1=O. The van der Waals surface area contributed by atoms with Crippen LogP contribution in [-0.4, -0.2) is 52.4 Å². The first-order valence-corrected chi connectivity index (χ1v) is 4.69. The molecule has 0 atom stereocenters. The Morgan fingerprint density at radius 1 is 1.40 bits per heavy atom. The second kappa shape index (κ2) is 2.71. The number of nitrogens with zero attached hydrogens (tertiary/aromatic N) is 2. The van der Waals surface area contributed by atoms with Gasteiger partial charge in [-0.2, -0.15) is 0 Å². The van der Waals surface area contributed by atoms with Gasteiger partial charge in [-0.1, -0.05) is 0 Å². The smallest absolute Gasteiger partial charge is 0.327 e. The van der Waals surface area contributed by atoms with Crippen molar-refractivity contribution in [2.24, 2.45) is 5.92 Å². The van der Waals surface area contributed by atoms with E-state index in [2.05, 4.69) is 0 Å². The number of carbonyl (C=O) groups is 3. The molecule has 82 valence electrons. The second-order valence-corrected chi connectivity index (χ2v) is 4.18. The van der Waals surface area contributed by atoms with Crippen molar-refractivity contribution in [1.29, 1.82) is 0 Å². The van der Waals surface area contributed by atoms with Crippen LogP contribution in [0.4, 0.5) is 4.79 Å². The normalized spacial score (nSPS) is 34.9. The number of rotatable bonds is 1. The van der Waals surface area contributed by atoms with Crippen LogP contribution in [0, 0.1) is 5.92 Å². The molecule has 1 aliphatic carbocycles. The molecule has 1 heterocycles. The Labute approximate surface area is 86.4 Å². The summed E-state index contributed by atoms with van der Waals surface area (Å²) in [6.07, 6.45) is 0.460. The molecule has 0 unspecified atom stereocenters. The third-order valence-corrected chi connectivity index (χ3v) is 3.44. The van der Waals surface area contributed by atoms with Gasteiger partial charge in [0.05, 0.1) is 5.92 Å². The first-order chi connectivity index (χ1) is 6.90. The molecule has 1 N–H and O–H groups in total. The zero-order valence-electron chi connectivity index (χ0n) is 8.56. The topological polar surface area (TPSA) is 77.9 Å². The van der Waals surface area contributed by atoms with Gasteiger partial charge in [-0.25, -0.2) is 4.79 Å². The Balaban J connectivity index is 2.22. The van der Waals surface area contributed by atoms with E-state index in [9.17, 15) is 14.4 Å². The maximum atomic E-state index is 11.8. The molecule has 0 aromatic carbocycles. The highest BCUT2D eigenvalue weighted by Crippen LogP contribution is 2.46. The van der Waals surface area contributed by atoms with Crippen LogP contribution >= 0.6 is 0 Å². The van der Waals surface area contributed by atoms with E-state index in [0.29, 0.717) is 0 Å². The summed E-state index contributed by atoms with van der Waals surface area (Å²) >= 11 is 0. The molecular weight excluding hydrogens is 200 g/mol. The molecule has 2 fully saturated rings. The summed E-state index contributed by atoms with van der Waals surface area (Å²) in [5, 5.41) is 8.75. The Morgan fingerprint density at radius 3 is 2.27 bits per heavy atom. The Bertz CT molecular complexity index is 359. The molecule has 1 spiro atoms. The minimum Gasteiger partial charge on any atom is -0.481 e. The van der Waals surface area contributed by atoms with E-state index in [-0.39, 0.29) is 24.8 Å². The molecule has 0 aromatic rings. The fourth-order valence-electron chi connectivity index (χ4n) is 2.33. The van der Waals surface area contributed by atoms with Gasteiger partial charge >= 0.3 is 12.0 Å². The fraction of sp³-hybridized carbons (Fsp3) is 0.667. The number of amides is 3. The van der Waals surface area contributed by atoms with Crippen LogP contribution in [0.15, 0.2) is 0 Å². The van der Waals surface area contributed by atoms with E-state index >= 15 is 0 Å². The van der Waals surface area contributed by atoms with E-state index in [1.54, 1.807) is 7.05 Å². The lowest BCUT2D eigenvalue weighted by Crippen LogP contribution is -2.59. The fourth-order valence-corrected chi connectivity index (χ4v) is 2.33. The number of carbonyl (C=O) groups excluding carboxylic acids is 2. The standard InChI is InChI=1S/C9H12N2O4/c1-10-7(14)9(11(2)8(10)15)3-5(4-9)6(12)13/h5H,3-4H2,1-2H3,(H,12,13). The zero-order valence-corrected chi connectivity index (χ0v) is 8.56. The summed E-state index contributed by atoms with van der Waals surface area (Å²) in [6, 6.07) is -0.358. The Kier molecular flexibility index (Phi) is 1.80. The Hall–Kier alpha value is -1.59. The molecule has 1 saturated heterocycles. The van der Waals surface area contributed by atoms with Crippen LogP contribution < -0.4 is 0 Å². The van der Waals surface area contributed by atoms with Gasteiger partial charge in [0.25, 0.3) is 5.91 Å². The van der Waals surface area contributed by atoms with Crippen molar-refractivity contribution in [2.75, 3.05) is 14.1 Å². The lowest BCUT2D eigenvalue weighted by molar-refractivity contribution is -0.154. The predicted octanol–water partition coefficient (Wildman–Crippen LogP) is -0.256. The van der Waals surface area contributed by atoms with E-state index in [1.165, 1.54) is 11.9 Å². The van der Waals surface area contributed by atoms with Gasteiger partial charge in [0, 0.05) is 14.1 Å². The zero-order chi connectivity index (χ0) is 11.4. The third-order valence-electron chi connectivity index (χ3n) is 3.44. The van der Waals surface area contributed by atoms with Gasteiger partial charge in [-0.3, -0.25) is 14.5 Å². The Morgan fingerprint density at radius 2 is 1.93 bits per heavy atom. The number of hydrogen-bond acceptors (Lipinski definition) is 3. The van der Waals surface area contributed by atoms with Gasteiger partial charge < -0.3 is 10.0 Å².